The van der Waals surface area contributed by atoms with E-state index in [1.807, 2.05) is 13.8 Å². The van der Waals surface area contributed by atoms with E-state index in [1.54, 1.807) is 0 Å². The van der Waals surface area contributed by atoms with Crippen LogP contribution in [-0.2, 0) is 14.3 Å². The maximum Gasteiger partial charge on any atom is 0.167 e. The van der Waals surface area contributed by atoms with Crippen LogP contribution >= 0.6 is 0 Å². The summed E-state index contributed by atoms with van der Waals surface area (Å²) in [5.74, 6) is -0.0869. The number of hydrogen-bond donors (Lipinski definition) is 0. The molecule has 2 aliphatic rings. The fraction of sp³-hybridized carbons (Fsp3) is 0.917. The molecule has 1 aliphatic heterocycles. The number of carbonyl (C=O) groups excluding carboxylic acids is 1. The molecule has 1 heterocycles. The quantitative estimate of drug-likeness (QED) is 0.704. The zero-order valence-corrected chi connectivity index (χ0v) is 9.62. The number of ether oxygens (including phenoxy) is 2. The SMILES string of the molecule is CC1(C)OC[C@@H](C(=O)C2CCCCC2)O1. The van der Waals surface area contributed by atoms with Gasteiger partial charge in [0.15, 0.2) is 11.6 Å². The van der Waals surface area contributed by atoms with E-state index in [2.05, 4.69) is 0 Å². The molecule has 2 fully saturated rings. The molecule has 0 aromatic rings. The highest BCUT2D eigenvalue weighted by Crippen LogP contribution is 2.30. The van der Waals surface area contributed by atoms with Crippen molar-refractivity contribution in [3.63, 3.8) is 0 Å². The van der Waals surface area contributed by atoms with Gasteiger partial charge in [-0.3, -0.25) is 4.79 Å². The molecular weight excluding hydrogens is 192 g/mol. The first kappa shape index (κ1) is 11.1. The number of Topliss-reactive ketones (excluding diaryl/α,β-unsaturated/α-hetero) is 1. The lowest BCUT2D eigenvalue weighted by Gasteiger charge is -2.23. The Morgan fingerprint density at radius 3 is 2.40 bits per heavy atom. The summed E-state index contributed by atoms with van der Waals surface area (Å²) in [5, 5.41) is 0. The summed E-state index contributed by atoms with van der Waals surface area (Å²) in [7, 11) is 0. The fourth-order valence-corrected chi connectivity index (χ4v) is 2.48. The molecule has 1 aliphatic carbocycles. The van der Waals surface area contributed by atoms with Crippen LogP contribution in [0.2, 0.25) is 0 Å². The van der Waals surface area contributed by atoms with Gasteiger partial charge in [-0.05, 0) is 26.7 Å². The molecule has 0 radical (unpaired) electrons. The van der Waals surface area contributed by atoms with Crippen LogP contribution in [0.5, 0.6) is 0 Å². The summed E-state index contributed by atoms with van der Waals surface area (Å²) in [6.07, 6.45) is 5.42. The predicted molar refractivity (Wildman–Crippen MR) is 56.5 cm³/mol. The summed E-state index contributed by atoms with van der Waals surface area (Å²) < 4.78 is 11.0. The van der Waals surface area contributed by atoms with Crippen molar-refractivity contribution in [2.45, 2.75) is 57.8 Å². The molecule has 3 heteroatoms. The smallest absolute Gasteiger partial charge is 0.167 e. The van der Waals surface area contributed by atoms with E-state index in [1.165, 1.54) is 19.3 Å². The van der Waals surface area contributed by atoms with Crippen molar-refractivity contribution in [3.8, 4) is 0 Å². The molecule has 0 aromatic heterocycles. The average molecular weight is 212 g/mol. The highest BCUT2D eigenvalue weighted by atomic mass is 16.7. The first-order valence-corrected chi connectivity index (χ1v) is 5.94. The van der Waals surface area contributed by atoms with Crippen LogP contribution in [0.15, 0.2) is 0 Å². The van der Waals surface area contributed by atoms with Crippen LogP contribution in [0, 0.1) is 5.92 Å². The largest absolute Gasteiger partial charge is 0.347 e. The van der Waals surface area contributed by atoms with Crippen LogP contribution in [-0.4, -0.2) is 24.3 Å². The molecule has 1 atom stereocenters. The third-order valence-electron chi connectivity index (χ3n) is 3.33. The van der Waals surface area contributed by atoms with Gasteiger partial charge in [0, 0.05) is 5.92 Å². The summed E-state index contributed by atoms with van der Waals surface area (Å²) in [4.78, 5) is 12.1. The second kappa shape index (κ2) is 4.22. The number of ketones is 1. The lowest BCUT2D eigenvalue weighted by Crippen LogP contribution is -2.32. The lowest BCUT2D eigenvalue weighted by molar-refractivity contribution is -0.155. The molecule has 0 aromatic carbocycles. The number of hydrogen-bond acceptors (Lipinski definition) is 3. The standard InChI is InChI=1S/C12H20O3/c1-12(2)14-8-10(15-12)11(13)9-6-4-3-5-7-9/h9-10H,3-8H2,1-2H3/t10-/m0/s1. The fourth-order valence-electron chi connectivity index (χ4n) is 2.48. The van der Waals surface area contributed by atoms with Crippen molar-refractivity contribution in [2.75, 3.05) is 6.61 Å². The number of rotatable bonds is 2. The highest BCUT2D eigenvalue weighted by Gasteiger charge is 2.39. The third kappa shape index (κ3) is 2.58. The van der Waals surface area contributed by atoms with Gasteiger partial charge in [0.2, 0.25) is 0 Å². The second-order valence-electron chi connectivity index (χ2n) is 5.05. The topological polar surface area (TPSA) is 35.5 Å². The van der Waals surface area contributed by atoms with Crippen molar-refractivity contribution in [1.29, 1.82) is 0 Å². The molecular formula is C12H20O3. The molecule has 86 valence electrons. The van der Waals surface area contributed by atoms with E-state index in [4.69, 9.17) is 9.47 Å². The Hall–Kier alpha value is -0.410. The number of carbonyl (C=O) groups is 1. The zero-order valence-electron chi connectivity index (χ0n) is 9.62. The molecule has 2 rings (SSSR count). The normalized spacial score (nSPS) is 31.7. The van der Waals surface area contributed by atoms with Crippen LogP contribution < -0.4 is 0 Å². The highest BCUT2D eigenvalue weighted by molar-refractivity contribution is 5.85. The molecule has 0 N–H and O–H groups in total. The predicted octanol–water partition coefficient (Wildman–Crippen LogP) is 2.29. The van der Waals surface area contributed by atoms with Crippen molar-refractivity contribution in [2.24, 2.45) is 5.92 Å². The van der Waals surface area contributed by atoms with Gasteiger partial charge in [-0.1, -0.05) is 19.3 Å². The van der Waals surface area contributed by atoms with Gasteiger partial charge in [-0.15, -0.1) is 0 Å². The minimum Gasteiger partial charge on any atom is -0.347 e. The van der Waals surface area contributed by atoms with Gasteiger partial charge < -0.3 is 9.47 Å². The van der Waals surface area contributed by atoms with Gasteiger partial charge in [-0.2, -0.15) is 0 Å². The molecule has 15 heavy (non-hydrogen) atoms. The van der Waals surface area contributed by atoms with Crippen LogP contribution in [0.3, 0.4) is 0 Å². The zero-order chi connectivity index (χ0) is 10.9. The van der Waals surface area contributed by atoms with E-state index in [-0.39, 0.29) is 17.8 Å². The molecule has 1 saturated carbocycles. The Labute approximate surface area is 91.1 Å². The van der Waals surface area contributed by atoms with Crippen LogP contribution in [0.25, 0.3) is 0 Å². The van der Waals surface area contributed by atoms with Gasteiger partial charge >= 0.3 is 0 Å². The van der Waals surface area contributed by atoms with Gasteiger partial charge in [0.25, 0.3) is 0 Å². The van der Waals surface area contributed by atoms with Gasteiger partial charge in [-0.25, -0.2) is 0 Å². The molecule has 0 amide bonds. The van der Waals surface area contributed by atoms with Crippen molar-refractivity contribution < 1.29 is 14.3 Å². The first-order chi connectivity index (χ1) is 7.08. The summed E-state index contributed by atoms with van der Waals surface area (Å²) >= 11 is 0. The lowest BCUT2D eigenvalue weighted by atomic mass is 9.84. The minimum absolute atomic E-state index is 0.223. The minimum atomic E-state index is -0.574. The Balaban J connectivity index is 1.90. The molecule has 1 saturated heterocycles. The van der Waals surface area contributed by atoms with Gasteiger partial charge in [0.1, 0.15) is 6.10 Å². The van der Waals surface area contributed by atoms with Crippen LogP contribution in [0.4, 0.5) is 0 Å². The van der Waals surface area contributed by atoms with Crippen molar-refractivity contribution in [1.82, 2.24) is 0 Å². The Bertz CT molecular complexity index is 241. The van der Waals surface area contributed by atoms with Crippen molar-refractivity contribution in [3.05, 3.63) is 0 Å². The Kier molecular flexibility index (Phi) is 3.12. The van der Waals surface area contributed by atoms with E-state index in [9.17, 15) is 4.79 Å². The molecule has 3 nitrogen and oxygen atoms in total. The van der Waals surface area contributed by atoms with Gasteiger partial charge in [0.05, 0.1) is 6.61 Å². The van der Waals surface area contributed by atoms with E-state index in [0.29, 0.717) is 6.61 Å². The molecule has 0 spiro atoms. The molecule has 0 unspecified atom stereocenters. The Morgan fingerprint density at radius 2 is 1.87 bits per heavy atom. The van der Waals surface area contributed by atoms with E-state index in [0.717, 1.165) is 12.8 Å². The summed E-state index contributed by atoms with van der Waals surface area (Å²) in [6, 6.07) is 0. The summed E-state index contributed by atoms with van der Waals surface area (Å²) in [6.45, 7) is 4.16. The average Bonchev–Trinajstić information content (AvgIpc) is 2.59. The van der Waals surface area contributed by atoms with E-state index >= 15 is 0 Å². The maximum atomic E-state index is 12.1. The second-order valence-corrected chi connectivity index (χ2v) is 5.05. The van der Waals surface area contributed by atoms with Crippen molar-refractivity contribution >= 4 is 5.78 Å². The molecule has 0 bridgehead atoms. The monoisotopic (exact) mass is 212 g/mol. The van der Waals surface area contributed by atoms with Crippen LogP contribution in [0.1, 0.15) is 46.0 Å². The maximum absolute atomic E-state index is 12.1. The third-order valence-corrected chi connectivity index (χ3v) is 3.33. The Morgan fingerprint density at radius 1 is 1.20 bits per heavy atom. The first-order valence-electron chi connectivity index (χ1n) is 5.94. The summed E-state index contributed by atoms with van der Waals surface area (Å²) in [5.41, 5.74) is 0. The van der Waals surface area contributed by atoms with E-state index < -0.39 is 5.79 Å².